The highest BCUT2D eigenvalue weighted by molar-refractivity contribution is 7.22. The van der Waals surface area contributed by atoms with Crippen molar-refractivity contribution in [1.29, 1.82) is 0 Å². The summed E-state index contributed by atoms with van der Waals surface area (Å²) in [7, 11) is 3.10. The van der Waals surface area contributed by atoms with Crippen molar-refractivity contribution in [2.24, 2.45) is 0 Å². The van der Waals surface area contributed by atoms with Crippen molar-refractivity contribution in [1.82, 2.24) is 4.98 Å². The predicted molar refractivity (Wildman–Crippen MR) is 121 cm³/mol. The number of aromatic nitrogens is 1. The van der Waals surface area contributed by atoms with E-state index in [-0.39, 0.29) is 5.91 Å². The van der Waals surface area contributed by atoms with Crippen LogP contribution >= 0.6 is 22.9 Å². The van der Waals surface area contributed by atoms with Crippen LogP contribution in [0.1, 0.15) is 15.9 Å². The molecule has 0 aliphatic carbocycles. The summed E-state index contributed by atoms with van der Waals surface area (Å²) in [5.41, 5.74) is 2.07. The van der Waals surface area contributed by atoms with Gasteiger partial charge in [-0.3, -0.25) is 9.69 Å². The number of halogens is 1. The van der Waals surface area contributed by atoms with E-state index in [9.17, 15) is 4.79 Å². The van der Waals surface area contributed by atoms with Gasteiger partial charge >= 0.3 is 0 Å². The van der Waals surface area contributed by atoms with Crippen LogP contribution in [0.2, 0.25) is 5.02 Å². The van der Waals surface area contributed by atoms with Crippen LogP contribution in [0.25, 0.3) is 10.2 Å². The van der Waals surface area contributed by atoms with Crippen molar-refractivity contribution in [3.05, 3.63) is 82.9 Å². The van der Waals surface area contributed by atoms with Gasteiger partial charge in [-0.15, -0.1) is 0 Å². The largest absolute Gasteiger partial charge is 0.497 e. The number of ether oxygens (including phenoxy) is 2. The lowest BCUT2D eigenvalue weighted by Gasteiger charge is -2.21. The summed E-state index contributed by atoms with van der Waals surface area (Å²) in [6, 6.07) is 20.6. The highest BCUT2D eigenvalue weighted by atomic mass is 35.5. The van der Waals surface area contributed by atoms with Gasteiger partial charge in [-0.1, -0.05) is 59.3 Å². The minimum atomic E-state index is -0.232. The maximum atomic E-state index is 13.7. The van der Waals surface area contributed by atoms with E-state index >= 15 is 0 Å². The van der Waals surface area contributed by atoms with Gasteiger partial charge in [-0.2, -0.15) is 0 Å². The lowest BCUT2D eigenvalue weighted by Crippen LogP contribution is -2.30. The highest BCUT2D eigenvalue weighted by Crippen LogP contribution is 2.35. The number of nitrogens with zero attached hydrogens (tertiary/aromatic N) is 2. The number of thiazole rings is 1. The van der Waals surface area contributed by atoms with Gasteiger partial charge in [0, 0.05) is 0 Å². The summed E-state index contributed by atoms with van der Waals surface area (Å²) < 4.78 is 11.7. The summed E-state index contributed by atoms with van der Waals surface area (Å²) >= 11 is 7.75. The maximum absolute atomic E-state index is 13.7. The van der Waals surface area contributed by atoms with Crippen molar-refractivity contribution >= 4 is 44.2 Å². The van der Waals surface area contributed by atoms with Crippen molar-refractivity contribution in [3.63, 3.8) is 0 Å². The SMILES string of the molecule is COc1ccc(OC)c(C(=O)N(Cc2ccccc2)c2nc3c(Cl)cccc3s2)c1. The molecule has 0 aliphatic heterocycles. The Bertz CT molecular complexity index is 1190. The number of hydrogen-bond donors (Lipinski definition) is 0. The van der Waals surface area contributed by atoms with Gasteiger partial charge < -0.3 is 9.47 Å². The molecule has 5 nitrogen and oxygen atoms in total. The predicted octanol–water partition coefficient (Wildman–Crippen LogP) is 5.81. The van der Waals surface area contributed by atoms with Crippen LogP contribution in [-0.2, 0) is 6.54 Å². The number of para-hydroxylation sites is 1. The van der Waals surface area contributed by atoms with Crippen LogP contribution in [0.3, 0.4) is 0 Å². The van der Waals surface area contributed by atoms with Crippen LogP contribution in [0.15, 0.2) is 66.7 Å². The normalized spacial score (nSPS) is 10.8. The summed E-state index contributed by atoms with van der Waals surface area (Å²) in [5.74, 6) is 0.814. The topological polar surface area (TPSA) is 51.7 Å². The fourth-order valence-electron chi connectivity index (χ4n) is 3.14. The van der Waals surface area contributed by atoms with E-state index in [0.29, 0.717) is 39.3 Å². The molecule has 0 N–H and O–H groups in total. The zero-order valence-electron chi connectivity index (χ0n) is 16.5. The first kappa shape index (κ1) is 20.2. The third-order valence-corrected chi connectivity index (χ3v) is 6.00. The standard InChI is InChI=1S/C23H19ClN2O3S/c1-28-16-11-12-19(29-2)17(13-16)22(27)26(14-15-7-4-3-5-8-15)23-25-21-18(24)9-6-10-20(21)30-23/h3-13H,14H2,1-2H3. The average molecular weight is 439 g/mol. The number of benzene rings is 3. The van der Waals surface area contributed by atoms with Crippen LogP contribution in [0.5, 0.6) is 11.5 Å². The lowest BCUT2D eigenvalue weighted by molar-refractivity contribution is 0.0982. The zero-order chi connectivity index (χ0) is 21.1. The number of carbonyl (C=O) groups is 1. The lowest BCUT2D eigenvalue weighted by atomic mass is 10.1. The Morgan fingerprint density at radius 1 is 1.03 bits per heavy atom. The van der Waals surface area contributed by atoms with E-state index in [0.717, 1.165) is 10.3 Å². The molecule has 1 heterocycles. The molecule has 0 saturated heterocycles. The third kappa shape index (κ3) is 3.97. The average Bonchev–Trinajstić information content (AvgIpc) is 3.22. The van der Waals surface area contributed by atoms with Gasteiger partial charge in [0.1, 0.15) is 17.0 Å². The fraction of sp³-hybridized carbons (Fsp3) is 0.130. The van der Waals surface area contributed by atoms with Crippen molar-refractivity contribution < 1.29 is 14.3 Å². The van der Waals surface area contributed by atoms with E-state index in [1.165, 1.54) is 18.4 Å². The molecule has 0 spiro atoms. The monoisotopic (exact) mass is 438 g/mol. The van der Waals surface area contributed by atoms with Crippen molar-refractivity contribution in [2.75, 3.05) is 19.1 Å². The van der Waals surface area contributed by atoms with Gasteiger partial charge in [0.05, 0.1) is 36.1 Å². The fourth-order valence-corrected chi connectivity index (χ4v) is 4.40. The van der Waals surface area contributed by atoms with Crippen LogP contribution in [-0.4, -0.2) is 25.1 Å². The number of carbonyl (C=O) groups excluding carboxylic acids is 1. The molecular weight excluding hydrogens is 420 g/mol. The van der Waals surface area contributed by atoms with Gasteiger partial charge in [-0.05, 0) is 35.9 Å². The Balaban J connectivity index is 1.82. The molecule has 0 atom stereocenters. The smallest absolute Gasteiger partial charge is 0.264 e. The maximum Gasteiger partial charge on any atom is 0.264 e. The Labute approximate surface area is 183 Å². The van der Waals surface area contributed by atoms with Crippen molar-refractivity contribution in [2.45, 2.75) is 6.54 Å². The molecular formula is C23H19ClN2O3S. The molecule has 4 rings (SSSR count). The molecule has 7 heteroatoms. The molecule has 0 radical (unpaired) electrons. The van der Waals surface area contributed by atoms with Gasteiger partial charge in [-0.25, -0.2) is 4.98 Å². The Morgan fingerprint density at radius 3 is 2.53 bits per heavy atom. The Hall–Kier alpha value is -3.09. The van der Waals surface area contributed by atoms with E-state index in [1.54, 1.807) is 36.3 Å². The highest BCUT2D eigenvalue weighted by Gasteiger charge is 2.25. The molecule has 0 fully saturated rings. The Morgan fingerprint density at radius 2 is 1.83 bits per heavy atom. The first-order valence-corrected chi connectivity index (χ1v) is 10.4. The van der Waals surface area contributed by atoms with Gasteiger partial charge in [0.2, 0.25) is 0 Å². The molecule has 0 bridgehead atoms. The summed E-state index contributed by atoms with van der Waals surface area (Å²) in [6.07, 6.45) is 0. The molecule has 152 valence electrons. The Kier molecular flexibility index (Phi) is 5.88. The molecule has 4 aromatic rings. The number of hydrogen-bond acceptors (Lipinski definition) is 5. The second-order valence-corrected chi connectivity index (χ2v) is 7.94. The summed E-state index contributed by atoms with van der Waals surface area (Å²) in [4.78, 5) is 20.0. The first-order chi connectivity index (χ1) is 14.6. The summed E-state index contributed by atoms with van der Waals surface area (Å²) in [5, 5.41) is 1.12. The first-order valence-electron chi connectivity index (χ1n) is 9.23. The zero-order valence-corrected chi connectivity index (χ0v) is 18.0. The van der Waals surface area contributed by atoms with Crippen molar-refractivity contribution in [3.8, 4) is 11.5 Å². The molecule has 1 aromatic heterocycles. The van der Waals surface area contributed by atoms with Crippen LogP contribution < -0.4 is 14.4 Å². The van der Waals surface area contributed by atoms with E-state index < -0.39 is 0 Å². The van der Waals surface area contributed by atoms with E-state index in [2.05, 4.69) is 4.98 Å². The number of methoxy groups -OCH3 is 2. The quantitative estimate of drug-likeness (QED) is 0.381. The second kappa shape index (κ2) is 8.73. The number of fused-ring (bicyclic) bond motifs is 1. The number of anilines is 1. The third-order valence-electron chi connectivity index (χ3n) is 4.66. The second-order valence-electron chi connectivity index (χ2n) is 6.53. The molecule has 0 unspecified atom stereocenters. The van der Waals surface area contributed by atoms with Gasteiger partial charge in [0.25, 0.3) is 5.91 Å². The number of rotatable bonds is 6. The minimum absolute atomic E-state index is 0.232. The molecule has 1 amide bonds. The van der Waals surface area contributed by atoms with E-state index in [4.69, 9.17) is 21.1 Å². The van der Waals surface area contributed by atoms with Crippen LogP contribution in [0.4, 0.5) is 5.13 Å². The van der Waals surface area contributed by atoms with Crippen LogP contribution in [0, 0.1) is 0 Å². The molecule has 0 aliphatic rings. The number of amides is 1. The molecule has 3 aromatic carbocycles. The molecule has 0 saturated carbocycles. The summed E-state index contributed by atoms with van der Waals surface area (Å²) in [6.45, 7) is 0.359. The molecule has 30 heavy (non-hydrogen) atoms. The van der Waals surface area contributed by atoms with E-state index in [1.807, 2.05) is 42.5 Å². The minimum Gasteiger partial charge on any atom is -0.497 e. The van der Waals surface area contributed by atoms with Gasteiger partial charge in [0.15, 0.2) is 5.13 Å².